The van der Waals surface area contributed by atoms with Crippen molar-refractivity contribution in [2.24, 2.45) is 33.9 Å². The molecule has 0 amide bonds. The number of hydrogen-bond donors (Lipinski definition) is 0. The van der Waals surface area contributed by atoms with Gasteiger partial charge in [0.2, 0.25) is 0 Å². The molecule has 2 aliphatic heterocycles. The summed E-state index contributed by atoms with van der Waals surface area (Å²) in [5.74, 6) is 5.36. The maximum atomic E-state index is 5.00. The van der Waals surface area contributed by atoms with Crippen molar-refractivity contribution >= 4 is 0 Å². The lowest BCUT2D eigenvalue weighted by molar-refractivity contribution is -0.000212. The summed E-state index contributed by atoms with van der Waals surface area (Å²) in [6.45, 7) is 0. The number of nitrogens with zero attached hydrogens (tertiary/aromatic N) is 2. The maximum Gasteiger partial charge on any atom is 0.0786 e. The first-order valence-corrected chi connectivity index (χ1v) is 10.7. The molecule has 8 aliphatic rings. The summed E-state index contributed by atoms with van der Waals surface area (Å²) in [6, 6.07) is 19.3. The molecular formula is C25H22N2. The molecule has 2 heteroatoms. The van der Waals surface area contributed by atoms with Gasteiger partial charge in [-0.3, -0.25) is 0 Å². The maximum absolute atomic E-state index is 5.00. The van der Waals surface area contributed by atoms with Crippen LogP contribution in [0.2, 0.25) is 0 Å². The van der Waals surface area contributed by atoms with E-state index in [2.05, 4.69) is 60.7 Å². The molecule has 2 heterocycles. The molecule has 6 aliphatic carbocycles. The van der Waals surface area contributed by atoms with Gasteiger partial charge in [-0.25, -0.2) is 0 Å². The molecule has 2 saturated carbocycles. The lowest BCUT2D eigenvalue weighted by atomic mass is 9.47. The number of azo groups is 1. The molecule has 0 unspecified atom stereocenters. The van der Waals surface area contributed by atoms with E-state index in [0.29, 0.717) is 35.8 Å². The van der Waals surface area contributed by atoms with Crippen LogP contribution in [0.25, 0.3) is 0 Å². The molecule has 27 heavy (non-hydrogen) atoms. The van der Waals surface area contributed by atoms with Crippen molar-refractivity contribution in [3.8, 4) is 0 Å². The minimum Gasteiger partial charge on any atom is -0.190 e. The van der Waals surface area contributed by atoms with E-state index in [-0.39, 0.29) is 0 Å². The molecule has 6 bridgehead atoms. The average molecular weight is 350 g/mol. The monoisotopic (exact) mass is 350 g/mol. The van der Waals surface area contributed by atoms with Gasteiger partial charge in [0.25, 0.3) is 0 Å². The van der Waals surface area contributed by atoms with Crippen molar-refractivity contribution in [2.75, 3.05) is 0 Å². The molecule has 0 N–H and O–H groups in total. The highest BCUT2D eigenvalue weighted by atomic mass is 15.2. The van der Waals surface area contributed by atoms with Gasteiger partial charge in [-0.2, -0.15) is 10.2 Å². The predicted octanol–water partition coefficient (Wildman–Crippen LogP) is 5.40. The van der Waals surface area contributed by atoms with Crippen LogP contribution in [-0.2, 0) is 0 Å². The Labute approximate surface area is 159 Å². The molecule has 0 aromatic heterocycles. The largest absolute Gasteiger partial charge is 0.190 e. The van der Waals surface area contributed by atoms with E-state index < -0.39 is 0 Å². The Morgan fingerprint density at radius 3 is 1.48 bits per heavy atom. The predicted molar refractivity (Wildman–Crippen MR) is 104 cm³/mol. The summed E-state index contributed by atoms with van der Waals surface area (Å²) in [5, 5.41) is 10.00. The first-order chi connectivity index (χ1) is 13.4. The van der Waals surface area contributed by atoms with Gasteiger partial charge < -0.3 is 0 Å². The van der Waals surface area contributed by atoms with Crippen LogP contribution in [0.15, 0.2) is 70.9 Å². The Morgan fingerprint density at radius 1 is 0.556 bits per heavy atom. The zero-order valence-corrected chi connectivity index (χ0v) is 15.1. The second-order valence-corrected chi connectivity index (χ2v) is 9.66. The highest BCUT2D eigenvalue weighted by Gasteiger charge is 2.67. The normalized spacial score (nSPS) is 48.3. The Hall–Kier alpha value is -2.22. The van der Waals surface area contributed by atoms with Crippen LogP contribution in [0.3, 0.4) is 0 Å². The lowest BCUT2D eigenvalue weighted by Gasteiger charge is -2.60. The van der Waals surface area contributed by atoms with E-state index in [9.17, 15) is 0 Å². The second kappa shape index (κ2) is 4.43. The van der Waals surface area contributed by atoms with Crippen LogP contribution >= 0.6 is 0 Å². The molecule has 0 saturated heterocycles. The summed E-state index contributed by atoms with van der Waals surface area (Å²) in [4.78, 5) is 0. The Bertz CT molecular complexity index is 972. The first-order valence-electron chi connectivity index (χ1n) is 10.7. The van der Waals surface area contributed by atoms with Crippen LogP contribution in [0.4, 0.5) is 0 Å². The molecule has 2 aromatic carbocycles. The quantitative estimate of drug-likeness (QED) is 0.568. The lowest BCUT2D eigenvalue weighted by Crippen LogP contribution is -2.60. The van der Waals surface area contributed by atoms with Crippen molar-refractivity contribution < 1.29 is 0 Å². The highest BCUT2D eigenvalue weighted by molar-refractivity contribution is 5.51. The summed E-state index contributed by atoms with van der Waals surface area (Å²) in [5.41, 5.74) is 6.43. The SMILES string of the molecule is C1=C[C@H]2c3ccccc3[C@@H]1[C@H]1[C@H]3N=N[C@@H]([C@H]12)[C@H]1[C@@H]3[C@H]2C[C@@H]1c1ccccc12. The van der Waals surface area contributed by atoms with E-state index in [0.717, 1.165) is 23.7 Å². The number of hydrogen-bond acceptors (Lipinski definition) is 2. The summed E-state index contributed by atoms with van der Waals surface area (Å²) >= 11 is 0. The third kappa shape index (κ3) is 1.40. The van der Waals surface area contributed by atoms with Crippen molar-refractivity contribution in [3.63, 3.8) is 0 Å². The minimum atomic E-state index is 0.430. The molecular weight excluding hydrogens is 328 g/mol. The Kier molecular flexibility index (Phi) is 2.28. The van der Waals surface area contributed by atoms with Gasteiger partial charge in [0.05, 0.1) is 12.1 Å². The van der Waals surface area contributed by atoms with Gasteiger partial charge in [-0.05, 0) is 64.2 Å². The number of allylic oxidation sites excluding steroid dienone is 2. The molecule has 2 nitrogen and oxygen atoms in total. The topological polar surface area (TPSA) is 24.7 Å². The Morgan fingerprint density at radius 2 is 1.00 bits per heavy atom. The molecule has 0 spiro atoms. The van der Waals surface area contributed by atoms with Crippen LogP contribution in [-0.4, -0.2) is 12.1 Å². The Balaban J connectivity index is 1.33. The molecule has 10 atom stereocenters. The van der Waals surface area contributed by atoms with Gasteiger partial charge in [0.1, 0.15) is 0 Å². The zero-order valence-electron chi connectivity index (χ0n) is 15.1. The van der Waals surface area contributed by atoms with Gasteiger partial charge >= 0.3 is 0 Å². The second-order valence-electron chi connectivity index (χ2n) is 9.66. The molecule has 2 fully saturated rings. The highest BCUT2D eigenvalue weighted by Crippen LogP contribution is 2.71. The summed E-state index contributed by atoms with van der Waals surface area (Å²) in [7, 11) is 0. The van der Waals surface area contributed by atoms with Crippen molar-refractivity contribution in [3.05, 3.63) is 82.9 Å². The fraction of sp³-hybridized carbons (Fsp3) is 0.440. The van der Waals surface area contributed by atoms with E-state index in [1.807, 2.05) is 0 Å². The van der Waals surface area contributed by atoms with E-state index in [1.54, 1.807) is 22.3 Å². The third-order valence-electron chi connectivity index (χ3n) is 9.10. The van der Waals surface area contributed by atoms with Gasteiger partial charge in [-0.1, -0.05) is 60.7 Å². The van der Waals surface area contributed by atoms with Crippen LogP contribution in [0, 0.1) is 23.7 Å². The number of benzene rings is 2. The zero-order chi connectivity index (χ0) is 17.3. The van der Waals surface area contributed by atoms with E-state index in [4.69, 9.17) is 10.2 Å². The summed E-state index contributed by atoms with van der Waals surface area (Å²) in [6.07, 6.45) is 6.38. The fourth-order valence-electron chi connectivity index (χ4n) is 8.48. The van der Waals surface area contributed by atoms with Crippen molar-refractivity contribution in [1.29, 1.82) is 0 Å². The summed E-state index contributed by atoms with van der Waals surface area (Å²) < 4.78 is 0. The third-order valence-corrected chi connectivity index (χ3v) is 9.10. The number of rotatable bonds is 0. The van der Waals surface area contributed by atoms with Crippen molar-refractivity contribution in [1.82, 2.24) is 0 Å². The van der Waals surface area contributed by atoms with E-state index in [1.165, 1.54) is 6.42 Å². The average Bonchev–Trinajstić information content (AvgIpc) is 3.34. The van der Waals surface area contributed by atoms with Crippen LogP contribution in [0.5, 0.6) is 0 Å². The van der Waals surface area contributed by atoms with Gasteiger partial charge in [-0.15, -0.1) is 0 Å². The smallest absolute Gasteiger partial charge is 0.0786 e. The molecule has 2 aromatic rings. The first kappa shape index (κ1) is 13.9. The number of fused-ring (bicyclic) bond motifs is 5. The fourth-order valence-corrected chi connectivity index (χ4v) is 8.48. The minimum absolute atomic E-state index is 0.430. The van der Waals surface area contributed by atoms with E-state index >= 15 is 0 Å². The van der Waals surface area contributed by atoms with Crippen LogP contribution in [0.1, 0.15) is 52.3 Å². The van der Waals surface area contributed by atoms with Gasteiger partial charge in [0.15, 0.2) is 0 Å². The standard InChI is InChI=1S/C25H22N2/c1-2-6-13-12(5-1)16-9-10-17(13)21-20(16)24-22-18-11-19(23(22)25(21)27-26-24)15-8-4-3-7-14(15)18/h1-10,16-25H,11H2/t16-,17+,18+,19-,20-,21+,22+,23-,24-,25+. The van der Waals surface area contributed by atoms with Crippen molar-refractivity contribution in [2.45, 2.75) is 42.2 Å². The molecule has 0 radical (unpaired) electrons. The molecule has 10 rings (SSSR count). The molecule has 132 valence electrons. The van der Waals surface area contributed by atoms with Gasteiger partial charge in [0, 0.05) is 11.8 Å². The van der Waals surface area contributed by atoms with Crippen LogP contribution < -0.4 is 0 Å².